The predicted molar refractivity (Wildman–Crippen MR) is 114 cm³/mol. The van der Waals surface area contributed by atoms with Crippen LogP contribution in [0, 0.1) is 0 Å². The second-order valence-electron chi connectivity index (χ2n) is 6.67. The van der Waals surface area contributed by atoms with E-state index in [9.17, 15) is 4.79 Å². The highest BCUT2D eigenvalue weighted by molar-refractivity contribution is 6.29. The number of fused-ring (bicyclic) bond motifs is 3. The van der Waals surface area contributed by atoms with Gasteiger partial charge >= 0.3 is 0 Å². The van der Waals surface area contributed by atoms with Gasteiger partial charge in [-0.25, -0.2) is 4.98 Å². The van der Waals surface area contributed by atoms with Crippen LogP contribution in [0.25, 0.3) is 11.1 Å². The number of amides is 1. The van der Waals surface area contributed by atoms with Crippen LogP contribution in [0.3, 0.4) is 0 Å². The van der Waals surface area contributed by atoms with Gasteiger partial charge in [0.1, 0.15) is 5.15 Å². The van der Waals surface area contributed by atoms with Crippen LogP contribution in [0.4, 0.5) is 0 Å². The average molecular weight is 406 g/mol. The number of pyridine rings is 1. The van der Waals surface area contributed by atoms with E-state index in [0.717, 1.165) is 11.1 Å². The van der Waals surface area contributed by atoms with E-state index in [1.165, 1.54) is 17.3 Å². The molecule has 2 heterocycles. The molecule has 1 aromatic heterocycles. The second kappa shape index (κ2) is 8.45. The molecule has 0 saturated heterocycles. The van der Waals surface area contributed by atoms with Crippen molar-refractivity contribution >= 4 is 23.5 Å². The molecule has 0 bridgehead atoms. The number of carbonyl (C=O) groups excluding carboxylic acids is 1. The molecular formula is C23H20ClN3O2. The Labute approximate surface area is 174 Å². The Morgan fingerprint density at radius 1 is 1.03 bits per heavy atom. The average Bonchev–Trinajstić information content (AvgIpc) is 2.91. The molecule has 1 amide bonds. The summed E-state index contributed by atoms with van der Waals surface area (Å²) in [7, 11) is 0. The zero-order valence-corrected chi connectivity index (χ0v) is 16.8. The zero-order chi connectivity index (χ0) is 20.2. The van der Waals surface area contributed by atoms with E-state index >= 15 is 0 Å². The Kier molecular flexibility index (Phi) is 5.58. The fraction of sp³-hybridized carbons (Fsp3) is 0.174. The van der Waals surface area contributed by atoms with E-state index in [1.807, 2.05) is 36.1 Å². The van der Waals surface area contributed by atoms with Crippen molar-refractivity contribution in [3.05, 3.63) is 88.7 Å². The van der Waals surface area contributed by atoms with Gasteiger partial charge in [0, 0.05) is 19.3 Å². The highest BCUT2D eigenvalue weighted by atomic mass is 35.5. The highest BCUT2D eigenvalue weighted by Gasteiger charge is 2.23. The standard InChI is InChI=1S/C23H20ClN3O2/c1-2-29-23(26-22(28)16-11-12-21(24)25-13-16)27-14-17-7-3-5-9-19(17)20-10-6-4-8-18(20)15-27/h3-13H,2,14-15H2,1H3. The lowest BCUT2D eigenvalue weighted by Gasteiger charge is -2.24. The number of carbonyl (C=O) groups is 1. The van der Waals surface area contributed by atoms with Gasteiger partial charge in [0.2, 0.25) is 0 Å². The molecule has 0 atom stereocenters. The summed E-state index contributed by atoms with van der Waals surface area (Å²) in [6.07, 6.45) is 1.42. The van der Waals surface area contributed by atoms with E-state index < -0.39 is 5.91 Å². The maximum atomic E-state index is 12.7. The molecule has 0 spiro atoms. The quantitative estimate of drug-likeness (QED) is 0.344. The van der Waals surface area contributed by atoms with Crippen molar-refractivity contribution in [2.45, 2.75) is 20.0 Å². The lowest BCUT2D eigenvalue weighted by atomic mass is 9.97. The summed E-state index contributed by atoms with van der Waals surface area (Å²) >= 11 is 5.82. The molecule has 0 N–H and O–H groups in total. The molecule has 29 heavy (non-hydrogen) atoms. The number of ether oxygens (including phenoxy) is 1. The van der Waals surface area contributed by atoms with Gasteiger partial charge in [0.25, 0.3) is 11.9 Å². The van der Waals surface area contributed by atoms with Gasteiger partial charge in [0.15, 0.2) is 0 Å². The fourth-order valence-electron chi connectivity index (χ4n) is 3.42. The van der Waals surface area contributed by atoms with Crippen LogP contribution in [0.5, 0.6) is 0 Å². The first-order valence-electron chi connectivity index (χ1n) is 9.44. The third-order valence-electron chi connectivity index (χ3n) is 4.76. The van der Waals surface area contributed by atoms with Crippen LogP contribution < -0.4 is 0 Å². The van der Waals surface area contributed by atoms with Gasteiger partial charge in [0.05, 0.1) is 12.2 Å². The number of halogens is 1. The number of hydrogen-bond acceptors (Lipinski definition) is 3. The first kappa shape index (κ1) is 19.2. The van der Waals surface area contributed by atoms with Crippen molar-refractivity contribution < 1.29 is 9.53 Å². The molecule has 5 nitrogen and oxygen atoms in total. The summed E-state index contributed by atoms with van der Waals surface area (Å²) in [5, 5.41) is 0.330. The maximum Gasteiger partial charge on any atom is 0.296 e. The maximum absolute atomic E-state index is 12.7. The van der Waals surface area contributed by atoms with Gasteiger partial charge in [-0.3, -0.25) is 4.79 Å². The largest absolute Gasteiger partial charge is 0.465 e. The molecule has 0 aliphatic carbocycles. The smallest absolute Gasteiger partial charge is 0.296 e. The normalized spacial score (nSPS) is 13.3. The lowest BCUT2D eigenvalue weighted by molar-refractivity contribution is 0.0993. The minimum Gasteiger partial charge on any atom is -0.465 e. The molecule has 2 aromatic carbocycles. The highest BCUT2D eigenvalue weighted by Crippen LogP contribution is 2.32. The minimum atomic E-state index is -0.413. The third-order valence-corrected chi connectivity index (χ3v) is 4.99. The zero-order valence-electron chi connectivity index (χ0n) is 16.0. The van der Waals surface area contributed by atoms with Crippen LogP contribution in [-0.4, -0.2) is 28.4 Å². The van der Waals surface area contributed by atoms with Gasteiger partial charge in [-0.1, -0.05) is 60.1 Å². The van der Waals surface area contributed by atoms with Crippen LogP contribution >= 0.6 is 11.6 Å². The number of benzene rings is 2. The number of amidine groups is 1. The monoisotopic (exact) mass is 405 g/mol. The Balaban J connectivity index is 1.73. The summed E-state index contributed by atoms with van der Waals surface area (Å²) in [6, 6.07) is 20.1. The van der Waals surface area contributed by atoms with Crippen molar-refractivity contribution in [3.8, 4) is 11.1 Å². The second-order valence-corrected chi connectivity index (χ2v) is 7.06. The van der Waals surface area contributed by atoms with E-state index in [2.05, 4.69) is 34.2 Å². The molecule has 1 aliphatic rings. The van der Waals surface area contributed by atoms with E-state index in [-0.39, 0.29) is 0 Å². The van der Waals surface area contributed by atoms with Gasteiger partial charge in [-0.15, -0.1) is 0 Å². The summed E-state index contributed by atoms with van der Waals surface area (Å²) < 4.78 is 5.79. The first-order valence-corrected chi connectivity index (χ1v) is 9.82. The van der Waals surface area contributed by atoms with E-state index in [1.54, 1.807) is 12.1 Å². The molecular weight excluding hydrogens is 386 g/mol. The molecule has 3 aromatic rings. The summed E-state index contributed by atoms with van der Waals surface area (Å²) in [5.41, 5.74) is 5.06. The number of aromatic nitrogens is 1. The number of hydrogen-bond donors (Lipinski definition) is 0. The summed E-state index contributed by atoms with van der Waals surface area (Å²) in [5.74, 6) is -0.413. The Morgan fingerprint density at radius 3 is 2.21 bits per heavy atom. The van der Waals surface area contributed by atoms with Crippen LogP contribution in [0.2, 0.25) is 5.15 Å². The number of nitrogens with zero attached hydrogens (tertiary/aromatic N) is 3. The van der Waals surface area contributed by atoms with Crippen molar-refractivity contribution in [3.63, 3.8) is 0 Å². The summed E-state index contributed by atoms with van der Waals surface area (Å²) in [6.45, 7) is 3.47. The SMILES string of the molecule is CCOC(=NC(=O)c1ccc(Cl)nc1)N1Cc2ccccc2-c2ccccc2C1. The Hall–Kier alpha value is -3.18. The first-order chi connectivity index (χ1) is 14.2. The lowest BCUT2D eigenvalue weighted by Crippen LogP contribution is -2.32. The Morgan fingerprint density at radius 2 is 1.66 bits per heavy atom. The van der Waals surface area contributed by atoms with Crippen LogP contribution in [-0.2, 0) is 17.8 Å². The van der Waals surface area contributed by atoms with Gasteiger partial charge in [-0.2, -0.15) is 4.99 Å². The fourth-order valence-corrected chi connectivity index (χ4v) is 3.53. The molecule has 0 unspecified atom stereocenters. The van der Waals surface area contributed by atoms with E-state index in [4.69, 9.17) is 16.3 Å². The molecule has 0 fully saturated rings. The van der Waals surface area contributed by atoms with Crippen molar-refractivity contribution in [2.75, 3.05) is 6.61 Å². The predicted octanol–water partition coefficient (Wildman–Crippen LogP) is 4.95. The molecule has 0 saturated carbocycles. The van der Waals surface area contributed by atoms with Crippen molar-refractivity contribution in [2.24, 2.45) is 4.99 Å². The molecule has 146 valence electrons. The molecule has 6 heteroatoms. The van der Waals surface area contributed by atoms with Gasteiger partial charge < -0.3 is 9.64 Å². The van der Waals surface area contributed by atoms with Crippen molar-refractivity contribution in [1.82, 2.24) is 9.88 Å². The van der Waals surface area contributed by atoms with Crippen LogP contribution in [0.15, 0.2) is 71.9 Å². The Bertz CT molecular complexity index is 1020. The topological polar surface area (TPSA) is 54.8 Å². The van der Waals surface area contributed by atoms with Gasteiger partial charge in [-0.05, 0) is 41.3 Å². The molecule has 0 radical (unpaired) electrons. The number of aliphatic imine (C=N–C) groups is 1. The van der Waals surface area contributed by atoms with Crippen LogP contribution in [0.1, 0.15) is 28.4 Å². The van der Waals surface area contributed by atoms with E-state index in [0.29, 0.717) is 36.4 Å². The minimum absolute atomic E-state index is 0.305. The van der Waals surface area contributed by atoms with Crippen molar-refractivity contribution in [1.29, 1.82) is 0 Å². The molecule has 4 rings (SSSR count). The number of rotatable bonds is 2. The molecule has 1 aliphatic heterocycles. The summed E-state index contributed by atoms with van der Waals surface area (Å²) in [4.78, 5) is 22.9. The third kappa shape index (κ3) is 4.15.